The molecule has 1 aromatic rings. The molecule has 0 aromatic carbocycles. The molecule has 2 N–H and O–H groups in total. The lowest BCUT2D eigenvalue weighted by molar-refractivity contribution is 0.233. The van der Waals surface area contributed by atoms with Crippen molar-refractivity contribution in [2.45, 2.75) is 46.0 Å². The Kier molecular flexibility index (Phi) is 4.04. The molecule has 18 heavy (non-hydrogen) atoms. The van der Waals surface area contributed by atoms with E-state index in [9.17, 15) is 0 Å². The highest BCUT2D eigenvalue weighted by Crippen LogP contribution is 2.35. The van der Waals surface area contributed by atoms with Crippen molar-refractivity contribution >= 4 is 11.6 Å². The van der Waals surface area contributed by atoms with Crippen LogP contribution >= 0.6 is 0 Å². The van der Waals surface area contributed by atoms with E-state index in [-0.39, 0.29) is 0 Å². The Labute approximate surface area is 110 Å². The fourth-order valence-electron chi connectivity index (χ4n) is 2.76. The third kappa shape index (κ3) is 2.92. The van der Waals surface area contributed by atoms with Gasteiger partial charge in [0.2, 0.25) is 0 Å². The molecule has 1 heterocycles. The third-order valence-corrected chi connectivity index (χ3v) is 4.06. The minimum atomic E-state index is 0.426. The molecule has 100 valence electrons. The molecular formula is C14H24N4. The van der Waals surface area contributed by atoms with Gasteiger partial charge in [0.15, 0.2) is 0 Å². The number of rotatable bonds is 4. The van der Waals surface area contributed by atoms with Gasteiger partial charge in [-0.05, 0) is 25.2 Å². The predicted molar refractivity (Wildman–Crippen MR) is 76.0 cm³/mol. The van der Waals surface area contributed by atoms with Crippen molar-refractivity contribution in [1.29, 1.82) is 0 Å². The van der Waals surface area contributed by atoms with Gasteiger partial charge in [-0.2, -0.15) is 0 Å². The topological polar surface area (TPSA) is 49.8 Å². The summed E-state index contributed by atoms with van der Waals surface area (Å²) in [7, 11) is 1.89. The zero-order chi connectivity index (χ0) is 13.0. The fourth-order valence-corrected chi connectivity index (χ4v) is 2.76. The highest BCUT2D eigenvalue weighted by Gasteiger charge is 2.26. The zero-order valence-electron chi connectivity index (χ0n) is 11.7. The van der Waals surface area contributed by atoms with Gasteiger partial charge < -0.3 is 10.6 Å². The number of nitrogens with zero attached hydrogens (tertiary/aromatic N) is 2. The molecule has 1 aliphatic rings. The smallest absolute Gasteiger partial charge is 0.134 e. The van der Waals surface area contributed by atoms with Gasteiger partial charge in [-0.25, -0.2) is 9.97 Å². The van der Waals surface area contributed by atoms with Crippen molar-refractivity contribution in [3.8, 4) is 0 Å². The molecule has 1 saturated carbocycles. The SMILES string of the molecule is CNc1ncnc(NCC2(C)CCCCC2)c1C. The van der Waals surface area contributed by atoms with E-state index in [4.69, 9.17) is 0 Å². The van der Waals surface area contributed by atoms with Gasteiger partial charge in [0.05, 0.1) is 0 Å². The average Bonchev–Trinajstić information content (AvgIpc) is 2.38. The van der Waals surface area contributed by atoms with E-state index in [0.29, 0.717) is 5.41 Å². The van der Waals surface area contributed by atoms with E-state index >= 15 is 0 Å². The van der Waals surface area contributed by atoms with Crippen LogP contribution in [0.25, 0.3) is 0 Å². The summed E-state index contributed by atoms with van der Waals surface area (Å²) in [5, 5.41) is 6.60. The lowest BCUT2D eigenvalue weighted by atomic mass is 9.76. The molecule has 1 aliphatic carbocycles. The quantitative estimate of drug-likeness (QED) is 0.859. The van der Waals surface area contributed by atoms with Gasteiger partial charge in [0, 0.05) is 19.2 Å². The average molecular weight is 248 g/mol. The normalized spacial score (nSPS) is 18.4. The van der Waals surface area contributed by atoms with Crippen molar-refractivity contribution in [1.82, 2.24) is 9.97 Å². The summed E-state index contributed by atoms with van der Waals surface area (Å²) in [4.78, 5) is 8.55. The van der Waals surface area contributed by atoms with Crippen LogP contribution in [0.1, 0.15) is 44.6 Å². The Hall–Kier alpha value is -1.32. The van der Waals surface area contributed by atoms with Crippen LogP contribution in [0.2, 0.25) is 0 Å². The summed E-state index contributed by atoms with van der Waals surface area (Å²) in [6, 6.07) is 0. The Morgan fingerprint density at radius 2 is 1.83 bits per heavy atom. The van der Waals surface area contributed by atoms with Crippen LogP contribution in [0.3, 0.4) is 0 Å². The Balaban J connectivity index is 2.01. The molecule has 0 saturated heterocycles. The van der Waals surface area contributed by atoms with Gasteiger partial charge in [0.1, 0.15) is 18.0 Å². The van der Waals surface area contributed by atoms with E-state index < -0.39 is 0 Å². The summed E-state index contributed by atoms with van der Waals surface area (Å²) in [5.74, 6) is 1.86. The maximum Gasteiger partial charge on any atom is 0.134 e. The molecular weight excluding hydrogens is 224 g/mol. The second-order valence-corrected chi connectivity index (χ2v) is 5.67. The minimum absolute atomic E-state index is 0.426. The van der Waals surface area contributed by atoms with E-state index in [0.717, 1.165) is 23.7 Å². The maximum atomic E-state index is 4.34. The van der Waals surface area contributed by atoms with Crippen LogP contribution in [-0.2, 0) is 0 Å². The lowest BCUT2D eigenvalue weighted by Crippen LogP contribution is -2.29. The molecule has 1 aromatic heterocycles. The van der Waals surface area contributed by atoms with E-state index in [1.54, 1.807) is 6.33 Å². The number of nitrogens with one attached hydrogen (secondary N) is 2. The third-order valence-electron chi connectivity index (χ3n) is 4.06. The Bertz CT molecular complexity index is 397. The van der Waals surface area contributed by atoms with Crippen LogP contribution in [-0.4, -0.2) is 23.6 Å². The first-order chi connectivity index (χ1) is 8.64. The van der Waals surface area contributed by atoms with Crippen molar-refractivity contribution in [3.05, 3.63) is 11.9 Å². The highest BCUT2D eigenvalue weighted by atomic mass is 15.1. The summed E-state index contributed by atoms with van der Waals surface area (Å²) < 4.78 is 0. The minimum Gasteiger partial charge on any atom is -0.373 e. The largest absolute Gasteiger partial charge is 0.373 e. The van der Waals surface area contributed by atoms with Crippen LogP contribution in [0, 0.1) is 12.3 Å². The van der Waals surface area contributed by atoms with Crippen LogP contribution in [0.15, 0.2) is 6.33 Å². The van der Waals surface area contributed by atoms with Gasteiger partial charge >= 0.3 is 0 Å². The Morgan fingerprint density at radius 3 is 2.50 bits per heavy atom. The fraction of sp³-hybridized carbons (Fsp3) is 0.714. The second-order valence-electron chi connectivity index (χ2n) is 5.67. The second kappa shape index (κ2) is 5.55. The Morgan fingerprint density at radius 1 is 1.17 bits per heavy atom. The number of hydrogen-bond acceptors (Lipinski definition) is 4. The molecule has 4 nitrogen and oxygen atoms in total. The molecule has 0 atom stereocenters. The molecule has 0 aliphatic heterocycles. The lowest BCUT2D eigenvalue weighted by Gasteiger charge is -2.34. The zero-order valence-corrected chi connectivity index (χ0v) is 11.7. The van der Waals surface area contributed by atoms with Gasteiger partial charge in [0.25, 0.3) is 0 Å². The summed E-state index contributed by atoms with van der Waals surface area (Å²) in [6.07, 6.45) is 8.38. The number of aromatic nitrogens is 2. The molecule has 1 fully saturated rings. The first-order valence-electron chi connectivity index (χ1n) is 6.88. The summed E-state index contributed by atoms with van der Waals surface area (Å²) in [5.41, 5.74) is 1.52. The summed E-state index contributed by atoms with van der Waals surface area (Å²) >= 11 is 0. The molecule has 0 radical (unpaired) electrons. The van der Waals surface area contributed by atoms with Gasteiger partial charge in [-0.3, -0.25) is 0 Å². The van der Waals surface area contributed by atoms with Crippen molar-refractivity contribution in [2.24, 2.45) is 5.41 Å². The van der Waals surface area contributed by atoms with Crippen molar-refractivity contribution in [3.63, 3.8) is 0 Å². The molecule has 0 bridgehead atoms. The predicted octanol–water partition coefficient (Wildman–Crippen LogP) is 3.21. The first-order valence-corrected chi connectivity index (χ1v) is 6.88. The van der Waals surface area contributed by atoms with Crippen LogP contribution in [0.5, 0.6) is 0 Å². The monoisotopic (exact) mass is 248 g/mol. The standard InChI is InChI=1S/C14H24N4/c1-11-12(15-3)17-10-18-13(11)16-9-14(2)7-5-4-6-8-14/h10H,4-9H2,1-3H3,(H2,15,16,17,18). The van der Waals surface area contributed by atoms with Crippen molar-refractivity contribution in [2.75, 3.05) is 24.2 Å². The van der Waals surface area contributed by atoms with Crippen LogP contribution < -0.4 is 10.6 Å². The van der Waals surface area contributed by atoms with Crippen LogP contribution in [0.4, 0.5) is 11.6 Å². The molecule has 0 unspecified atom stereocenters. The molecule has 4 heteroatoms. The molecule has 2 rings (SSSR count). The van der Waals surface area contributed by atoms with Crippen molar-refractivity contribution < 1.29 is 0 Å². The summed E-state index contributed by atoms with van der Waals surface area (Å²) in [6.45, 7) is 5.44. The molecule has 0 amide bonds. The highest BCUT2D eigenvalue weighted by molar-refractivity contribution is 5.56. The van der Waals surface area contributed by atoms with Gasteiger partial charge in [-0.1, -0.05) is 26.2 Å². The molecule has 0 spiro atoms. The van der Waals surface area contributed by atoms with E-state index in [1.165, 1.54) is 32.1 Å². The van der Waals surface area contributed by atoms with E-state index in [2.05, 4.69) is 34.4 Å². The van der Waals surface area contributed by atoms with E-state index in [1.807, 2.05) is 7.05 Å². The van der Waals surface area contributed by atoms with Gasteiger partial charge in [-0.15, -0.1) is 0 Å². The maximum absolute atomic E-state index is 4.34. The number of anilines is 2. The number of hydrogen-bond donors (Lipinski definition) is 2. The first kappa shape index (κ1) is 13.1.